The standard InChI is InChI=1S/C21H16Cl2O4S/c1-12-18(22)7-14(8-19(12)23)17-10-21-20(26-11-27-21)9-16(17)13-3-5-15(6-4-13)28(2,24)25/h3-10H,11H2,1-2H3. The van der Waals surface area contributed by atoms with E-state index in [1.54, 1.807) is 24.3 Å². The summed E-state index contributed by atoms with van der Waals surface area (Å²) in [7, 11) is -3.27. The lowest BCUT2D eigenvalue weighted by Crippen LogP contribution is -1.96. The summed E-state index contributed by atoms with van der Waals surface area (Å²) in [5.74, 6) is 1.27. The van der Waals surface area contributed by atoms with E-state index in [0.717, 1.165) is 27.8 Å². The van der Waals surface area contributed by atoms with Gasteiger partial charge in [0.25, 0.3) is 0 Å². The molecule has 3 aromatic carbocycles. The van der Waals surface area contributed by atoms with Gasteiger partial charge in [0.15, 0.2) is 21.3 Å². The van der Waals surface area contributed by atoms with Crippen molar-refractivity contribution in [1.29, 1.82) is 0 Å². The van der Waals surface area contributed by atoms with Crippen LogP contribution >= 0.6 is 23.2 Å². The van der Waals surface area contributed by atoms with E-state index in [4.69, 9.17) is 32.7 Å². The molecule has 28 heavy (non-hydrogen) atoms. The minimum atomic E-state index is -3.27. The quantitative estimate of drug-likeness (QED) is 0.524. The predicted molar refractivity (Wildman–Crippen MR) is 111 cm³/mol. The Bertz CT molecular complexity index is 1160. The van der Waals surface area contributed by atoms with E-state index in [2.05, 4.69) is 0 Å². The van der Waals surface area contributed by atoms with E-state index in [9.17, 15) is 8.42 Å². The Morgan fingerprint density at radius 1 is 0.821 bits per heavy atom. The lowest BCUT2D eigenvalue weighted by atomic mass is 9.93. The van der Waals surface area contributed by atoms with E-state index in [0.29, 0.717) is 21.5 Å². The fraction of sp³-hybridized carbons (Fsp3) is 0.143. The summed E-state index contributed by atoms with van der Waals surface area (Å²) in [6.07, 6.45) is 1.18. The van der Waals surface area contributed by atoms with Crippen molar-refractivity contribution in [2.45, 2.75) is 11.8 Å². The number of benzene rings is 3. The maximum absolute atomic E-state index is 11.8. The number of halogens is 2. The molecule has 0 radical (unpaired) electrons. The molecule has 0 spiro atoms. The maximum atomic E-state index is 11.8. The van der Waals surface area contributed by atoms with Crippen molar-refractivity contribution in [3.63, 3.8) is 0 Å². The number of hydrogen-bond acceptors (Lipinski definition) is 4. The fourth-order valence-electron chi connectivity index (χ4n) is 3.10. The Hall–Kier alpha value is -2.21. The maximum Gasteiger partial charge on any atom is 0.231 e. The highest BCUT2D eigenvalue weighted by molar-refractivity contribution is 7.90. The van der Waals surface area contributed by atoms with Crippen LogP contribution in [0.15, 0.2) is 53.4 Å². The van der Waals surface area contributed by atoms with Gasteiger partial charge >= 0.3 is 0 Å². The topological polar surface area (TPSA) is 52.6 Å². The molecule has 0 atom stereocenters. The van der Waals surface area contributed by atoms with E-state index in [1.165, 1.54) is 6.26 Å². The summed E-state index contributed by atoms with van der Waals surface area (Å²) in [6, 6.07) is 14.2. The molecule has 0 N–H and O–H groups in total. The highest BCUT2D eigenvalue weighted by Gasteiger charge is 2.20. The average Bonchev–Trinajstić information content (AvgIpc) is 3.11. The van der Waals surface area contributed by atoms with E-state index in [-0.39, 0.29) is 11.7 Å². The van der Waals surface area contributed by atoms with Crippen LogP contribution in [0.4, 0.5) is 0 Å². The molecular weight excluding hydrogens is 419 g/mol. The minimum absolute atomic E-state index is 0.153. The van der Waals surface area contributed by atoms with Crippen LogP contribution in [-0.4, -0.2) is 21.5 Å². The van der Waals surface area contributed by atoms with Gasteiger partial charge in [-0.15, -0.1) is 0 Å². The molecule has 0 fully saturated rings. The number of ether oxygens (including phenoxy) is 2. The van der Waals surface area contributed by atoms with Gasteiger partial charge in [-0.1, -0.05) is 35.3 Å². The van der Waals surface area contributed by atoms with Crippen LogP contribution in [0.2, 0.25) is 10.0 Å². The van der Waals surface area contributed by atoms with Gasteiger partial charge in [-0.05, 0) is 71.1 Å². The summed E-state index contributed by atoms with van der Waals surface area (Å²) >= 11 is 12.7. The average molecular weight is 435 g/mol. The SMILES string of the molecule is Cc1c(Cl)cc(-c2cc3c(cc2-c2ccc(S(C)(=O)=O)cc2)OCO3)cc1Cl. The number of hydrogen-bond donors (Lipinski definition) is 0. The molecule has 0 saturated heterocycles. The van der Waals surface area contributed by atoms with Crippen LogP contribution in [0, 0.1) is 6.92 Å². The van der Waals surface area contributed by atoms with Gasteiger partial charge in [-0.25, -0.2) is 8.42 Å². The molecule has 0 aromatic heterocycles. The van der Waals surface area contributed by atoms with E-state index < -0.39 is 9.84 Å². The van der Waals surface area contributed by atoms with Gasteiger partial charge < -0.3 is 9.47 Å². The van der Waals surface area contributed by atoms with Crippen LogP contribution in [0.5, 0.6) is 11.5 Å². The summed E-state index contributed by atoms with van der Waals surface area (Å²) in [6.45, 7) is 2.01. The molecule has 7 heteroatoms. The van der Waals surface area contributed by atoms with Gasteiger partial charge in [-0.2, -0.15) is 0 Å². The minimum Gasteiger partial charge on any atom is -0.454 e. The highest BCUT2D eigenvalue weighted by atomic mass is 35.5. The number of sulfone groups is 1. The van der Waals surface area contributed by atoms with Gasteiger partial charge in [0.2, 0.25) is 6.79 Å². The Labute approximate surface area is 173 Å². The zero-order chi connectivity index (χ0) is 20.1. The smallest absolute Gasteiger partial charge is 0.231 e. The molecule has 1 aliphatic heterocycles. The first-order chi connectivity index (χ1) is 13.2. The lowest BCUT2D eigenvalue weighted by molar-refractivity contribution is 0.174. The van der Waals surface area contributed by atoms with Crippen molar-refractivity contribution in [3.8, 4) is 33.8 Å². The molecule has 3 aromatic rings. The Balaban J connectivity index is 1.92. The molecule has 4 nitrogen and oxygen atoms in total. The second kappa shape index (κ2) is 6.99. The first-order valence-electron chi connectivity index (χ1n) is 8.44. The van der Waals surface area contributed by atoms with Gasteiger partial charge in [0, 0.05) is 16.3 Å². The van der Waals surface area contributed by atoms with Crippen LogP contribution < -0.4 is 9.47 Å². The van der Waals surface area contributed by atoms with Crippen molar-refractivity contribution < 1.29 is 17.9 Å². The van der Waals surface area contributed by atoms with Crippen molar-refractivity contribution in [2.24, 2.45) is 0 Å². The zero-order valence-corrected chi connectivity index (χ0v) is 17.5. The third-order valence-corrected chi connectivity index (χ3v) is 6.61. The predicted octanol–water partition coefficient (Wildman–Crippen LogP) is 5.77. The van der Waals surface area contributed by atoms with Crippen molar-refractivity contribution in [1.82, 2.24) is 0 Å². The molecule has 0 amide bonds. The Morgan fingerprint density at radius 3 is 1.82 bits per heavy atom. The molecule has 0 unspecified atom stereocenters. The van der Waals surface area contributed by atoms with E-state index in [1.807, 2.05) is 31.2 Å². The summed E-state index contributed by atoms with van der Waals surface area (Å²) < 4.78 is 34.6. The Morgan fingerprint density at radius 2 is 1.32 bits per heavy atom. The monoisotopic (exact) mass is 434 g/mol. The number of rotatable bonds is 3. The molecular formula is C21H16Cl2O4S. The van der Waals surface area contributed by atoms with Gasteiger partial charge in [0.05, 0.1) is 4.90 Å². The largest absolute Gasteiger partial charge is 0.454 e. The van der Waals surface area contributed by atoms with Crippen LogP contribution in [-0.2, 0) is 9.84 Å². The second-order valence-electron chi connectivity index (χ2n) is 6.61. The van der Waals surface area contributed by atoms with Crippen LogP contribution in [0.25, 0.3) is 22.3 Å². The molecule has 1 aliphatic rings. The first-order valence-corrected chi connectivity index (χ1v) is 11.1. The van der Waals surface area contributed by atoms with Crippen molar-refractivity contribution in [3.05, 3.63) is 64.1 Å². The third kappa shape index (κ3) is 3.46. The lowest BCUT2D eigenvalue weighted by Gasteiger charge is -2.14. The fourth-order valence-corrected chi connectivity index (χ4v) is 4.22. The molecule has 144 valence electrons. The second-order valence-corrected chi connectivity index (χ2v) is 9.44. The summed E-state index contributed by atoms with van der Waals surface area (Å²) in [5.41, 5.74) is 4.21. The van der Waals surface area contributed by atoms with Gasteiger partial charge in [-0.3, -0.25) is 0 Å². The Kier molecular flexibility index (Phi) is 4.78. The zero-order valence-electron chi connectivity index (χ0n) is 15.1. The highest BCUT2D eigenvalue weighted by Crippen LogP contribution is 2.44. The molecule has 0 bridgehead atoms. The van der Waals surface area contributed by atoms with Crippen molar-refractivity contribution in [2.75, 3.05) is 13.0 Å². The van der Waals surface area contributed by atoms with Crippen molar-refractivity contribution >= 4 is 33.0 Å². The molecule has 0 saturated carbocycles. The molecule has 0 aliphatic carbocycles. The normalized spacial score (nSPS) is 13.0. The number of fused-ring (bicyclic) bond motifs is 1. The first kappa shape index (κ1) is 19.1. The molecule has 4 rings (SSSR count). The van der Waals surface area contributed by atoms with Crippen LogP contribution in [0.3, 0.4) is 0 Å². The van der Waals surface area contributed by atoms with Crippen LogP contribution in [0.1, 0.15) is 5.56 Å². The van der Waals surface area contributed by atoms with E-state index >= 15 is 0 Å². The third-order valence-electron chi connectivity index (χ3n) is 4.70. The van der Waals surface area contributed by atoms with Gasteiger partial charge in [0.1, 0.15) is 0 Å². The summed E-state index contributed by atoms with van der Waals surface area (Å²) in [5, 5.41) is 1.14. The molecule has 1 heterocycles. The summed E-state index contributed by atoms with van der Waals surface area (Å²) in [4.78, 5) is 0.264.